The van der Waals surface area contributed by atoms with Crippen LogP contribution in [0.4, 0.5) is 14.6 Å². The van der Waals surface area contributed by atoms with Gasteiger partial charge in [-0.15, -0.1) is 0 Å². The molecule has 1 aliphatic heterocycles. The summed E-state index contributed by atoms with van der Waals surface area (Å²) in [5, 5.41) is 4.78. The molecule has 1 N–H and O–H groups in total. The van der Waals surface area contributed by atoms with Gasteiger partial charge >= 0.3 is 0 Å². The smallest absolute Gasteiger partial charge is 0.135 e. The third-order valence-corrected chi connectivity index (χ3v) is 6.16. The van der Waals surface area contributed by atoms with Crippen LogP contribution in [0, 0.1) is 11.6 Å². The number of rotatable bonds is 5. The Labute approximate surface area is 168 Å². The lowest BCUT2D eigenvalue weighted by Crippen LogP contribution is -2.31. The SMILES string of the molecule is CCn1nc(C2(OC)CC2)cc1N1CCc2[nH]c(-c3c(F)cccc3F)cc2C1. The Hall–Kier alpha value is -2.67. The maximum atomic E-state index is 14.2. The normalized spacial score (nSPS) is 17.4. The van der Waals surface area contributed by atoms with Crippen molar-refractivity contribution in [2.75, 3.05) is 18.6 Å². The molecule has 0 unspecified atom stereocenters. The van der Waals surface area contributed by atoms with Crippen LogP contribution in [-0.2, 0) is 29.8 Å². The number of ether oxygens (including phenoxy) is 1. The van der Waals surface area contributed by atoms with Crippen molar-refractivity contribution in [3.63, 3.8) is 0 Å². The lowest BCUT2D eigenvalue weighted by molar-refractivity contribution is 0.0745. The summed E-state index contributed by atoms with van der Waals surface area (Å²) in [6.45, 7) is 4.35. The van der Waals surface area contributed by atoms with E-state index in [2.05, 4.69) is 22.9 Å². The number of nitrogens with zero attached hydrogens (tertiary/aromatic N) is 3. The van der Waals surface area contributed by atoms with Crippen LogP contribution in [0.2, 0.25) is 0 Å². The van der Waals surface area contributed by atoms with Gasteiger partial charge in [-0.25, -0.2) is 13.5 Å². The van der Waals surface area contributed by atoms with E-state index >= 15 is 0 Å². The maximum absolute atomic E-state index is 14.2. The number of aromatic nitrogens is 3. The van der Waals surface area contributed by atoms with E-state index in [4.69, 9.17) is 9.84 Å². The molecule has 7 heteroatoms. The minimum absolute atomic E-state index is 0.00473. The van der Waals surface area contributed by atoms with E-state index in [1.807, 2.05) is 10.7 Å². The number of H-pyrrole nitrogens is 1. The quantitative estimate of drug-likeness (QED) is 0.694. The number of hydrogen-bond acceptors (Lipinski definition) is 3. The van der Waals surface area contributed by atoms with Crippen molar-refractivity contribution in [1.82, 2.24) is 14.8 Å². The second kappa shape index (κ2) is 6.69. The summed E-state index contributed by atoms with van der Waals surface area (Å²) in [7, 11) is 1.74. The number of fused-ring (bicyclic) bond motifs is 1. The number of aryl methyl sites for hydroxylation is 1. The van der Waals surface area contributed by atoms with Crippen LogP contribution < -0.4 is 4.90 Å². The number of aromatic amines is 1. The van der Waals surface area contributed by atoms with E-state index in [-0.39, 0.29) is 11.2 Å². The Balaban J connectivity index is 1.46. The largest absolute Gasteiger partial charge is 0.372 e. The molecule has 0 radical (unpaired) electrons. The van der Waals surface area contributed by atoms with Gasteiger partial charge < -0.3 is 14.6 Å². The van der Waals surface area contributed by atoms with E-state index in [1.165, 1.54) is 18.2 Å². The van der Waals surface area contributed by atoms with Gasteiger partial charge in [0.25, 0.3) is 0 Å². The van der Waals surface area contributed by atoms with Crippen LogP contribution in [0.25, 0.3) is 11.3 Å². The minimum Gasteiger partial charge on any atom is -0.372 e. The highest BCUT2D eigenvalue weighted by Gasteiger charge is 2.47. The minimum atomic E-state index is -0.552. The molecule has 5 nitrogen and oxygen atoms in total. The summed E-state index contributed by atoms with van der Waals surface area (Å²) < 4.78 is 36.1. The number of halogens is 2. The molecule has 3 aromatic rings. The van der Waals surface area contributed by atoms with Gasteiger partial charge in [-0.05, 0) is 43.5 Å². The fourth-order valence-corrected chi connectivity index (χ4v) is 4.32. The van der Waals surface area contributed by atoms with E-state index in [0.29, 0.717) is 12.2 Å². The second-order valence-electron chi connectivity index (χ2n) is 7.86. The van der Waals surface area contributed by atoms with Crippen LogP contribution in [0.3, 0.4) is 0 Å². The number of hydrogen-bond donors (Lipinski definition) is 1. The fourth-order valence-electron chi connectivity index (χ4n) is 4.32. The van der Waals surface area contributed by atoms with Crippen LogP contribution in [0.1, 0.15) is 36.7 Å². The molecule has 1 saturated carbocycles. The zero-order valence-corrected chi connectivity index (χ0v) is 16.6. The monoisotopic (exact) mass is 398 g/mol. The van der Waals surface area contributed by atoms with Gasteiger partial charge in [0.15, 0.2) is 0 Å². The van der Waals surface area contributed by atoms with Crippen molar-refractivity contribution >= 4 is 5.82 Å². The highest BCUT2D eigenvalue weighted by atomic mass is 19.1. The maximum Gasteiger partial charge on any atom is 0.135 e. The first-order valence-corrected chi connectivity index (χ1v) is 10.1. The van der Waals surface area contributed by atoms with Gasteiger partial charge in [0, 0.05) is 44.9 Å². The Morgan fingerprint density at radius 3 is 2.62 bits per heavy atom. The molecule has 0 bridgehead atoms. The number of nitrogens with one attached hydrogen (secondary N) is 1. The third kappa shape index (κ3) is 2.95. The van der Waals surface area contributed by atoms with Gasteiger partial charge in [0.1, 0.15) is 23.1 Å². The average molecular weight is 398 g/mol. The highest BCUT2D eigenvalue weighted by molar-refractivity contribution is 5.64. The average Bonchev–Trinajstić information content (AvgIpc) is 3.21. The molecule has 0 spiro atoms. The summed E-state index contributed by atoms with van der Waals surface area (Å²) in [5.74, 6) is -0.0387. The molecule has 29 heavy (non-hydrogen) atoms. The van der Waals surface area contributed by atoms with Crippen LogP contribution in [0.5, 0.6) is 0 Å². The Bertz CT molecular complexity index is 1050. The van der Waals surface area contributed by atoms with Gasteiger partial charge in [0.05, 0.1) is 17.0 Å². The molecule has 5 rings (SSSR count). The molecule has 0 saturated heterocycles. The van der Waals surface area contributed by atoms with Gasteiger partial charge in [0.2, 0.25) is 0 Å². The molecule has 0 atom stereocenters. The third-order valence-electron chi connectivity index (χ3n) is 6.16. The number of benzene rings is 1. The Morgan fingerprint density at radius 1 is 1.21 bits per heavy atom. The van der Waals surface area contributed by atoms with E-state index in [9.17, 15) is 8.78 Å². The molecule has 1 fully saturated rings. The summed E-state index contributed by atoms with van der Waals surface area (Å²) in [4.78, 5) is 5.51. The first kappa shape index (κ1) is 18.4. The molecule has 152 valence electrons. The van der Waals surface area contributed by atoms with Gasteiger partial charge in [-0.3, -0.25) is 0 Å². The van der Waals surface area contributed by atoms with Crippen LogP contribution in [0.15, 0.2) is 30.3 Å². The lowest BCUT2D eigenvalue weighted by Gasteiger charge is -2.28. The van der Waals surface area contributed by atoms with Crippen molar-refractivity contribution in [1.29, 1.82) is 0 Å². The molecule has 3 heterocycles. The van der Waals surface area contributed by atoms with Crippen molar-refractivity contribution in [2.45, 2.75) is 44.9 Å². The summed E-state index contributed by atoms with van der Waals surface area (Å²) >= 11 is 0. The van der Waals surface area contributed by atoms with E-state index < -0.39 is 11.6 Å². The molecule has 1 aliphatic carbocycles. The summed E-state index contributed by atoms with van der Waals surface area (Å²) in [6.07, 6.45) is 2.79. The van der Waals surface area contributed by atoms with Gasteiger partial charge in [-0.1, -0.05) is 6.07 Å². The molecular formula is C22H24F2N4O. The molecule has 2 aromatic heterocycles. The molecule has 1 aromatic carbocycles. The zero-order valence-electron chi connectivity index (χ0n) is 16.6. The second-order valence-corrected chi connectivity index (χ2v) is 7.86. The predicted molar refractivity (Wildman–Crippen MR) is 107 cm³/mol. The van der Waals surface area contributed by atoms with Crippen molar-refractivity contribution in [3.05, 3.63) is 58.9 Å². The van der Waals surface area contributed by atoms with Crippen molar-refractivity contribution in [2.24, 2.45) is 0 Å². The summed E-state index contributed by atoms with van der Waals surface area (Å²) in [5.41, 5.74) is 3.37. The zero-order chi connectivity index (χ0) is 20.2. The predicted octanol–water partition coefficient (Wildman–Crippen LogP) is 4.37. The van der Waals surface area contributed by atoms with Crippen molar-refractivity contribution < 1.29 is 13.5 Å². The lowest BCUT2D eigenvalue weighted by atomic mass is 10.1. The number of methoxy groups -OCH3 is 1. The van der Waals surface area contributed by atoms with Crippen molar-refractivity contribution in [3.8, 4) is 11.3 Å². The topological polar surface area (TPSA) is 46.1 Å². The Morgan fingerprint density at radius 2 is 1.97 bits per heavy atom. The van der Waals surface area contributed by atoms with Crippen LogP contribution in [-0.4, -0.2) is 28.4 Å². The number of anilines is 1. The van der Waals surface area contributed by atoms with Gasteiger partial charge in [-0.2, -0.15) is 5.10 Å². The molecule has 0 amide bonds. The standard InChI is InChI=1S/C22H24F2N4O/c1-3-28-20(12-19(26-28)22(29-2)8-9-22)27-10-7-17-14(13-27)11-18(25-17)21-15(23)5-4-6-16(21)24/h4-6,11-12,25H,3,7-10,13H2,1-2H3. The highest BCUT2D eigenvalue weighted by Crippen LogP contribution is 2.49. The molecular weight excluding hydrogens is 374 g/mol. The Kier molecular flexibility index (Phi) is 4.24. The van der Waals surface area contributed by atoms with E-state index in [1.54, 1.807) is 7.11 Å². The first-order chi connectivity index (χ1) is 14.0. The van der Waals surface area contributed by atoms with E-state index in [0.717, 1.165) is 55.1 Å². The van der Waals surface area contributed by atoms with Crippen LogP contribution >= 0.6 is 0 Å². The molecule has 2 aliphatic rings. The first-order valence-electron chi connectivity index (χ1n) is 10.1. The summed E-state index contributed by atoms with van der Waals surface area (Å²) in [6, 6.07) is 7.96. The fraction of sp³-hybridized carbons (Fsp3) is 0.409.